The zero-order valence-corrected chi connectivity index (χ0v) is 37.5. The lowest BCUT2D eigenvalue weighted by molar-refractivity contribution is -0.280. The van der Waals surface area contributed by atoms with Crippen LogP contribution in [0.1, 0.15) is 91.2 Å². The van der Waals surface area contributed by atoms with Gasteiger partial charge in [0.05, 0.1) is 13.4 Å². The Hall–Kier alpha value is -6.92. The Balaban J connectivity index is 1.75. The Morgan fingerprint density at radius 2 is 1.55 bits per heavy atom. The number of fused-ring (bicyclic) bond motifs is 1. The van der Waals surface area contributed by atoms with Crippen LogP contribution in [0, 0.1) is 5.92 Å². The van der Waals surface area contributed by atoms with Gasteiger partial charge in [-0.25, -0.2) is 34.3 Å². The van der Waals surface area contributed by atoms with Crippen LogP contribution in [0.4, 0.5) is 28.6 Å². The number of methoxy groups -OCH3 is 1. The van der Waals surface area contributed by atoms with Gasteiger partial charge in [-0.1, -0.05) is 18.2 Å². The van der Waals surface area contributed by atoms with Crippen molar-refractivity contribution in [2.24, 2.45) is 15.9 Å². The zero-order chi connectivity index (χ0) is 49.0. The third-order valence-corrected chi connectivity index (χ3v) is 8.88. The molecule has 1 saturated heterocycles. The number of nitrogens with one attached hydrogen (secondary N) is 3. The third kappa shape index (κ3) is 16.3. The third-order valence-electron chi connectivity index (χ3n) is 8.88. The number of ether oxygens (including phenoxy) is 7. The van der Waals surface area contributed by atoms with E-state index in [9.17, 15) is 41.9 Å². The van der Waals surface area contributed by atoms with E-state index in [0.717, 1.165) is 27.3 Å². The molecule has 1 aliphatic rings. The van der Waals surface area contributed by atoms with Crippen molar-refractivity contribution in [3.05, 3.63) is 48.5 Å². The van der Waals surface area contributed by atoms with Gasteiger partial charge in [0.2, 0.25) is 5.96 Å². The number of amides is 3. The van der Waals surface area contributed by atoms with Gasteiger partial charge in [-0.2, -0.15) is 0 Å². The van der Waals surface area contributed by atoms with Gasteiger partial charge in [0.1, 0.15) is 23.6 Å². The van der Waals surface area contributed by atoms with Crippen molar-refractivity contribution < 1.29 is 75.1 Å². The lowest BCUT2D eigenvalue weighted by Crippen LogP contribution is -2.46. The molecule has 3 heterocycles. The predicted octanol–water partition coefficient (Wildman–Crippen LogP) is 5.14. The molecule has 1 aliphatic heterocycles. The number of aliphatic imine (C=N–C) groups is 2. The molecule has 3 N–H and O–H groups in total. The van der Waals surface area contributed by atoms with E-state index in [1.165, 1.54) is 10.9 Å². The van der Waals surface area contributed by atoms with E-state index in [-0.39, 0.29) is 49.2 Å². The van der Waals surface area contributed by atoms with E-state index in [1.54, 1.807) is 71.9 Å². The second-order valence-corrected chi connectivity index (χ2v) is 16.6. The molecular formula is C41H52F3N9O13. The summed E-state index contributed by atoms with van der Waals surface area (Å²) in [7, 11) is 1.01. The lowest BCUT2D eigenvalue weighted by atomic mass is 9.91. The first-order valence-electron chi connectivity index (χ1n) is 20.3. The number of esters is 3. The number of hydrogen-bond acceptors (Lipinski definition) is 17. The first-order valence-corrected chi connectivity index (χ1v) is 20.3. The summed E-state index contributed by atoms with van der Waals surface area (Å²) >= 11 is 0. The minimum atomic E-state index is -5.10. The number of halogens is 3. The Bertz CT molecular complexity index is 2260. The quantitative estimate of drug-likeness (QED) is 0.0770. The van der Waals surface area contributed by atoms with Crippen LogP contribution in [0.3, 0.4) is 0 Å². The number of alkyl carbamates (subject to hydrolysis) is 1. The second-order valence-electron chi connectivity index (χ2n) is 16.6. The van der Waals surface area contributed by atoms with Gasteiger partial charge in [-0.05, 0) is 78.9 Å². The summed E-state index contributed by atoms with van der Waals surface area (Å²) in [4.78, 5) is 97.2. The fourth-order valence-electron chi connectivity index (χ4n) is 6.38. The average molecular weight is 936 g/mol. The van der Waals surface area contributed by atoms with Crippen LogP contribution in [0.2, 0.25) is 0 Å². The van der Waals surface area contributed by atoms with Crippen LogP contribution in [0.5, 0.6) is 0 Å². The summed E-state index contributed by atoms with van der Waals surface area (Å²) < 4.78 is 76.9. The van der Waals surface area contributed by atoms with Crippen LogP contribution in [0.15, 0.2) is 53.0 Å². The number of hydrogen-bond donors (Lipinski definition) is 3. The highest BCUT2D eigenvalue weighted by molar-refractivity contribution is 6.06. The Labute approximate surface area is 376 Å². The van der Waals surface area contributed by atoms with E-state index in [2.05, 4.69) is 45.6 Å². The first kappa shape index (κ1) is 51.7. The number of carbonyl (C=O) groups is 6. The molecule has 3 amide bonds. The number of aromatic nitrogens is 4. The summed E-state index contributed by atoms with van der Waals surface area (Å²) in [5, 5.41) is 7.90. The highest BCUT2D eigenvalue weighted by Crippen LogP contribution is 2.39. The maximum atomic E-state index is 13.1. The topological polar surface area (TPSA) is 271 Å². The monoisotopic (exact) mass is 935 g/mol. The molecule has 2 unspecified atom stereocenters. The summed E-state index contributed by atoms with van der Waals surface area (Å²) in [6.45, 7) is 11.5. The van der Waals surface area contributed by atoms with E-state index in [4.69, 9.17) is 28.4 Å². The number of alkyl halides is 3. The summed E-state index contributed by atoms with van der Waals surface area (Å²) in [5.74, 6) is -4.32. The van der Waals surface area contributed by atoms with Gasteiger partial charge < -0.3 is 43.8 Å². The fourth-order valence-corrected chi connectivity index (χ4v) is 6.38. The summed E-state index contributed by atoms with van der Waals surface area (Å²) in [6, 6.07) is 6.76. The van der Waals surface area contributed by atoms with Crippen LogP contribution in [-0.2, 0) is 47.5 Å². The average Bonchev–Trinajstić information content (AvgIpc) is 3.76. The maximum absolute atomic E-state index is 13.1. The molecule has 25 heteroatoms. The minimum Gasteiger partial charge on any atom is -0.467 e. The van der Waals surface area contributed by atoms with Crippen molar-refractivity contribution in [1.82, 2.24) is 30.2 Å². The molecular weight excluding hydrogens is 883 g/mol. The van der Waals surface area contributed by atoms with Crippen molar-refractivity contribution in [1.29, 1.82) is 0 Å². The smallest absolute Gasteiger partial charge is 0.467 e. The Morgan fingerprint density at radius 1 is 0.894 bits per heavy atom. The molecule has 0 aliphatic carbocycles. The molecule has 3 aromatic rings. The van der Waals surface area contributed by atoms with Crippen LogP contribution in [-0.4, -0.2) is 123 Å². The normalized spacial score (nSPS) is 18.8. The highest BCUT2D eigenvalue weighted by Gasteiger charge is 2.51. The molecule has 1 aromatic carbocycles. The van der Waals surface area contributed by atoms with E-state index < -0.39 is 96.0 Å². The van der Waals surface area contributed by atoms with Crippen molar-refractivity contribution in [3.63, 3.8) is 0 Å². The van der Waals surface area contributed by atoms with E-state index in [1.807, 2.05) is 0 Å². The Kier molecular flexibility index (Phi) is 17.5. The van der Waals surface area contributed by atoms with E-state index in [0.29, 0.717) is 5.56 Å². The number of nitrogens with zero attached hydrogens (tertiary/aromatic N) is 6. The molecule has 22 nitrogen and oxygen atoms in total. The molecule has 0 radical (unpaired) electrons. The molecule has 0 spiro atoms. The molecule has 2 aromatic heterocycles. The predicted molar refractivity (Wildman–Crippen MR) is 225 cm³/mol. The highest BCUT2D eigenvalue weighted by atomic mass is 19.4. The van der Waals surface area contributed by atoms with Crippen molar-refractivity contribution in [2.75, 3.05) is 19.0 Å². The molecule has 1 fully saturated rings. The van der Waals surface area contributed by atoms with Crippen molar-refractivity contribution in [2.45, 2.75) is 123 Å². The molecule has 6 atom stereocenters. The SMILES string of the molecule is COC(=O)[C@H](CC[C@H](CN/C(=N\C(=O)OC(C)(C)C)NC(=O)OC(C)(C)C)C[C@H]1O[C@@H](n2cnc3c(NC(=O)c4ccccc4)ncnc32)C(OC(C)=O)C1OC(C)=O)N=COC(F)(F)F. The van der Waals surface area contributed by atoms with Gasteiger partial charge in [0.25, 0.3) is 5.91 Å². The molecule has 4 rings (SSSR count). The standard InChI is InChI=1S/C41H52F3N9O13/c1-22(54)62-29-27(64-34(30(29)63-23(2)55)53-20-48-28-31(46-19-47-32(28)53)50-33(56)25-13-11-10-12-14-25)17-24(15-16-26(35(57)60-9)49-21-61-41(42,43)44)18-45-36(51-37(58)65-39(3,4)5)52-38(59)66-40(6,7)8/h10-14,19-21,24,26-27,29-30,34H,15-18H2,1-9H3,(H,46,47,50,56)(H2,45,51,52,58,59)/t24-,26-,27+,29?,30?,34+/m0/s1. The molecule has 360 valence electrons. The summed E-state index contributed by atoms with van der Waals surface area (Å²) in [5.41, 5.74) is -1.43. The van der Waals surface area contributed by atoms with Gasteiger partial charge in [-0.15, -0.1) is 18.2 Å². The van der Waals surface area contributed by atoms with Gasteiger partial charge in [-0.3, -0.25) is 24.3 Å². The zero-order valence-electron chi connectivity index (χ0n) is 37.5. The van der Waals surface area contributed by atoms with Crippen molar-refractivity contribution in [3.8, 4) is 0 Å². The lowest BCUT2D eigenvalue weighted by Gasteiger charge is -2.27. The minimum absolute atomic E-state index is 0.0288. The number of rotatable bonds is 15. The first-order chi connectivity index (χ1) is 30.8. The largest absolute Gasteiger partial charge is 0.573 e. The van der Waals surface area contributed by atoms with Crippen LogP contribution < -0.4 is 16.0 Å². The van der Waals surface area contributed by atoms with Gasteiger partial charge >= 0.3 is 36.5 Å². The number of imidazole rings is 1. The van der Waals surface area contributed by atoms with E-state index >= 15 is 0 Å². The number of anilines is 1. The fraction of sp³-hybridized carbons (Fsp3) is 0.537. The molecule has 66 heavy (non-hydrogen) atoms. The number of guanidine groups is 1. The van der Waals surface area contributed by atoms with Gasteiger partial charge in [0.15, 0.2) is 47.9 Å². The molecule has 0 saturated carbocycles. The van der Waals surface area contributed by atoms with Crippen LogP contribution >= 0.6 is 0 Å². The van der Waals surface area contributed by atoms with Gasteiger partial charge in [0, 0.05) is 26.0 Å². The maximum Gasteiger partial charge on any atom is 0.573 e. The van der Waals surface area contributed by atoms with Crippen LogP contribution in [0.25, 0.3) is 11.2 Å². The second kappa shape index (κ2) is 22.3. The number of benzene rings is 1. The summed E-state index contributed by atoms with van der Waals surface area (Å²) in [6.07, 6.45) is -10.4. The van der Waals surface area contributed by atoms with Crippen molar-refractivity contribution >= 4 is 65.3 Å². The Morgan fingerprint density at radius 3 is 2.15 bits per heavy atom. The molecule has 0 bridgehead atoms. The number of carbonyl (C=O) groups excluding carboxylic acids is 6.